The smallest absolute Gasteiger partial charge is 0.407 e. The molecule has 1 aromatic heterocycles. The highest BCUT2D eigenvalue weighted by Gasteiger charge is 2.37. The van der Waals surface area contributed by atoms with Gasteiger partial charge >= 0.3 is 6.09 Å². The first-order chi connectivity index (χ1) is 18.3. The molecule has 1 unspecified atom stereocenters. The number of rotatable bonds is 4. The molecule has 0 spiro atoms. The number of amides is 1. The highest BCUT2D eigenvalue weighted by Crippen LogP contribution is 2.46. The van der Waals surface area contributed by atoms with Crippen LogP contribution in [0.15, 0.2) is 36.4 Å². The monoisotopic (exact) mass is 532 g/mol. The molecular weight excluding hydrogens is 484 g/mol. The van der Waals surface area contributed by atoms with Crippen LogP contribution in [0, 0.1) is 0 Å². The second-order valence-corrected chi connectivity index (χ2v) is 14.3. The fourth-order valence-corrected chi connectivity index (χ4v) is 6.68. The lowest BCUT2D eigenvalue weighted by Crippen LogP contribution is -2.46. The van der Waals surface area contributed by atoms with E-state index >= 15 is 0 Å². The van der Waals surface area contributed by atoms with E-state index in [1.54, 1.807) is 0 Å². The molecule has 5 rings (SSSR count). The lowest BCUT2D eigenvalue weighted by atomic mass is 9.63. The van der Waals surface area contributed by atoms with Crippen molar-refractivity contribution in [3.8, 4) is 11.3 Å². The number of nitrogens with zero attached hydrogens (tertiary/aromatic N) is 3. The summed E-state index contributed by atoms with van der Waals surface area (Å²) in [5, 5.41) is 3.07. The standard InChI is InChI=1S/C33H48N4O2/c1-31(2,3)39-30(38)34-24-13-18-37(22-24)25-14-19-36(20-15-25)29-10-8-9-28(35-29)23-11-12-26-27(21-23)33(6,7)17-16-32(26,4)5/h8-12,21,24-25H,13-20,22H2,1-7H3,(H,34,38). The summed E-state index contributed by atoms with van der Waals surface area (Å²) >= 11 is 0. The Balaban J connectivity index is 1.21. The molecular formula is C33H48N4O2. The Kier molecular flexibility index (Phi) is 7.47. The number of alkyl carbamates (subject to hydrolysis) is 1. The number of pyridine rings is 1. The molecule has 6 heteroatoms. The van der Waals surface area contributed by atoms with Gasteiger partial charge in [-0.2, -0.15) is 0 Å². The second-order valence-electron chi connectivity index (χ2n) is 14.3. The number of likely N-dealkylation sites (tertiary alicyclic amines) is 1. The molecule has 2 saturated heterocycles. The van der Waals surface area contributed by atoms with Crippen molar-refractivity contribution in [2.75, 3.05) is 31.1 Å². The van der Waals surface area contributed by atoms with Crippen LogP contribution in [0.1, 0.15) is 91.7 Å². The maximum absolute atomic E-state index is 12.2. The predicted octanol–water partition coefficient (Wildman–Crippen LogP) is 6.67. The Hall–Kier alpha value is -2.60. The number of anilines is 1. The number of nitrogens with one attached hydrogen (secondary N) is 1. The summed E-state index contributed by atoms with van der Waals surface area (Å²) in [5.74, 6) is 1.08. The highest BCUT2D eigenvalue weighted by atomic mass is 16.6. The molecule has 1 N–H and O–H groups in total. The van der Waals surface area contributed by atoms with Crippen molar-refractivity contribution >= 4 is 11.9 Å². The normalized spacial score (nSPS) is 23.4. The van der Waals surface area contributed by atoms with Gasteiger partial charge in [0.15, 0.2) is 0 Å². The summed E-state index contributed by atoms with van der Waals surface area (Å²) < 4.78 is 5.45. The van der Waals surface area contributed by atoms with Gasteiger partial charge in [0.05, 0.1) is 5.69 Å². The minimum Gasteiger partial charge on any atom is -0.444 e. The molecule has 3 heterocycles. The summed E-state index contributed by atoms with van der Waals surface area (Å²) in [6.07, 6.45) is 5.36. The van der Waals surface area contributed by atoms with Crippen LogP contribution in [0.5, 0.6) is 0 Å². The lowest BCUT2D eigenvalue weighted by Gasteiger charge is -2.42. The van der Waals surface area contributed by atoms with E-state index in [9.17, 15) is 4.79 Å². The molecule has 1 amide bonds. The van der Waals surface area contributed by atoms with Crippen LogP contribution >= 0.6 is 0 Å². The van der Waals surface area contributed by atoms with Gasteiger partial charge in [-0.1, -0.05) is 45.9 Å². The zero-order valence-electron chi connectivity index (χ0n) is 25.1. The number of benzene rings is 1. The van der Waals surface area contributed by atoms with Gasteiger partial charge in [0.2, 0.25) is 0 Å². The fraction of sp³-hybridized carbons (Fsp3) is 0.636. The van der Waals surface area contributed by atoms with E-state index in [2.05, 4.69) is 79.2 Å². The minimum atomic E-state index is -0.464. The Morgan fingerprint density at radius 3 is 2.33 bits per heavy atom. The molecule has 1 aliphatic carbocycles. The van der Waals surface area contributed by atoms with Gasteiger partial charge in [0, 0.05) is 43.8 Å². The molecule has 0 radical (unpaired) electrons. The van der Waals surface area contributed by atoms with E-state index in [0.29, 0.717) is 6.04 Å². The van der Waals surface area contributed by atoms with Gasteiger partial charge in [0.1, 0.15) is 11.4 Å². The fourth-order valence-electron chi connectivity index (χ4n) is 6.68. The second kappa shape index (κ2) is 10.4. The zero-order valence-corrected chi connectivity index (χ0v) is 25.1. The number of fused-ring (bicyclic) bond motifs is 1. The third-order valence-corrected chi connectivity index (χ3v) is 9.13. The van der Waals surface area contributed by atoms with E-state index in [1.807, 2.05) is 20.8 Å². The van der Waals surface area contributed by atoms with Crippen LogP contribution in [-0.4, -0.2) is 59.8 Å². The molecule has 39 heavy (non-hydrogen) atoms. The molecule has 0 saturated carbocycles. The van der Waals surface area contributed by atoms with E-state index in [4.69, 9.17) is 9.72 Å². The first kappa shape index (κ1) is 27.9. The number of hydrogen-bond acceptors (Lipinski definition) is 5. The SMILES string of the molecule is CC(C)(C)OC(=O)NC1CCN(C2CCN(c3cccc(-c4ccc5c(c4)C(C)(C)CCC5(C)C)n3)CC2)C1. The average molecular weight is 533 g/mol. The highest BCUT2D eigenvalue weighted by molar-refractivity contribution is 5.68. The van der Waals surface area contributed by atoms with Gasteiger partial charge in [-0.3, -0.25) is 4.90 Å². The number of aromatic nitrogens is 1. The Bertz CT molecular complexity index is 1190. The molecule has 3 aliphatic rings. The Morgan fingerprint density at radius 2 is 1.64 bits per heavy atom. The van der Waals surface area contributed by atoms with Crippen LogP contribution in [0.25, 0.3) is 11.3 Å². The van der Waals surface area contributed by atoms with Gasteiger partial charge in [-0.15, -0.1) is 0 Å². The van der Waals surface area contributed by atoms with Gasteiger partial charge in [-0.25, -0.2) is 9.78 Å². The van der Waals surface area contributed by atoms with Crippen molar-refractivity contribution in [1.82, 2.24) is 15.2 Å². The third kappa shape index (κ3) is 6.26. The van der Waals surface area contributed by atoms with Crippen LogP contribution < -0.4 is 10.2 Å². The minimum absolute atomic E-state index is 0.170. The van der Waals surface area contributed by atoms with Crippen molar-refractivity contribution in [3.05, 3.63) is 47.5 Å². The zero-order chi connectivity index (χ0) is 28.0. The predicted molar refractivity (Wildman–Crippen MR) is 160 cm³/mol. The molecule has 2 aromatic rings. The molecule has 2 fully saturated rings. The first-order valence-electron chi connectivity index (χ1n) is 14.9. The first-order valence-corrected chi connectivity index (χ1v) is 14.9. The summed E-state index contributed by atoms with van der Waals surface area (Å²) in [6.45, 7) is 19.2. The van der Waals surface area contributed by atoms with Crippen molar-refractivity contribution < 1.29 is 9.53 Å². The summed E-state index contributed by atoms with van der Waals surface area (Å²) in [6, 6.07) is 14.2. The molecule has 6 nitrogen and oxygen atoms in total. The summed E-state index contributed by atoms with van der Waals surface area (Å²) in [7, 11) is 0. The van der Waals surface area contributed by atoms with Crippen LogP contribution in [0.2, 0.25) is 0 Å². The quantitative estimate of drug-likeness (QED) is 0.477. The number of carbonyl (C=O) groups excluding carboxylic acids is 1. The summed E-state index contributed by atoms with van der Waals surface area (Å²) in [5.41, 5.74) is 5.21. The van der Waals surface area contributed by atoms with Gasteiger partial charge < -0.3 is 15.0 Å². The topological polar surface area (TPSA) is 57.7 Å². The Labute approximate surface area is 235 Å². The molecule has 0 bridgehead atoms. The Morgan fingerprint density at radius 1 is 0.949 bits per heavy atom. The number of carbonyl (C=O) groups is 1. The van der Waals surface area contributed by atoms with Crippen molar-refractivity contribution in [2.45, 2.75) is 109 Å². The van der Waals surface area contributed by atoms with Gasteiger partial charge in [-0.05, 0) is 93.0 Å². The molecule has 2 aliphatic heterocycles. The van der Waals surface area contributed by atoms with Gasteiger partial charge in [0.25, 0.3) is 0 Å². The maximum atomic E-state index is 12.2. The number of ether oxygens (including phenoxy) is 1. The number of hydrogen-bond donors (Lipinski definition) is 1. The van der Waals surface area contributed by atoms with E-state index in [1.165, 1.54) is 29.5 Å². The van der Waals surface area contributed by atoms with E-state index in [-0.39, 0.29) is 23.0 Å². The van der Waals surface area contributed by atoms with Crippen molar-refractivity contribution in [1.29, 1.82) is 0 Å². The van der Waals surface area contributed by atoms with Crippen LogP contribution in [0.4, 0.5) is 10.6 Å². The van der Waals surface area contributed by atoms with E-state index < -0.39 is 5.60 Å². The molecule has 212 valence electrons. The maximum Gasteiger partial charge on any atom is 0.407 e. The number of piperidine rings is 1. The molecule has 1 atom stereocenters. The lowest BCUT2D eigenvalue weighted by molar-refractivity contribution is 0.0504. The van der Waals surface area contributed by atoms with Crippen LogP contribution in [0.3, 0.4) is 0 Å². The summed E-state index contributed by atoms with van der Waals surface area (Å²) in [4.78, 5) is 22.3. The van der Waals surface area contributed by atoms with Crippen molar-refractivity contribution in [2.24, 2.45) is 0 Å². The molecule has 1 aromatic carbocycles. The van der Waals surface area contributed by atoms with Crippen molar-refractivity contribution in [3.63, 3.8) is 0 Å². The average Bonchev–Trinajstić information content (AvgIpc) is 3.34. The largest absolute Gasteiger partial charge is 0.444 e. The van der Waals surface area contributed by atoms with Crippen LogP contribution in [-0.2, 0) is 15.6 Å². The third-order valence-electron chi connectivity index (χ3n) is 9.13. The van der Waals surface area contributed by atoms with E-state index in [0.717, 1.165) is 57.0 Å².